The van der Waals surface area contributed by atoms with E-state index in [0.717, 1.165) is 11.4 Å². The average molecular weight is 334 g/mol. The van der Waals surface area contributed by atoms with Crippen LogP contribution in [0, 0.1) is 6.92 Å². The second kappa shape index (κ2) is 6.25. The zero-order valence-electron chi connectivity index (χ0n) is 11.7. The number of halogens is 2. The van der Waals surface area contributed by atoms with E-state index in [0.29, 0.717) is 10.0 Å². The lowest BCUT2D eigenvalue weighted by molar-refractivity contribution is 0.736. The average Bonchev–Trinajstić information content (AvgIpc) is 2.99. The van der Waals surface area contributed by atoms with Gasteiger partial charge in [0.05, 0.1) is 16.4 Å². The first kappa shape index (κ1) is 14.7. The maximum Gasteiger partial charge on any atom is 0.139 e. The summed E-state index contributed by atoms with van der Waals surface area (Å²) in [5.41, 5.74) is 5.96. The van der Waals surface area contributed by atoms with Crippen molar-refractivity contribution in [1.82, 2.24) is 14.9 Å². The number of benzene rings is 2. The SMILES string of the molecule is Cc1ccc(N(Nn2cncn2)c2ccc(Cl)cc2Cl)cc1. The molecule has 0 fully saturated rings. The molecular formula is C15H13Cl2N5. The summed E-state index contributed by atoms with van der Waals surface area (Å²) in [6, 6.07) is 13.4. The van der Waals surface area contributed by atoms with Gasteiger partial charge in [-0.05, 0) is 37.3 Å². The van der Waals surface area contributed by atoms with Gasteiger partial charge < -0.3 is 0 Å². The Balaban J connectivity index is 2.03. The van der Waals surface area contributed by atoms with Crippen molar-refractivity contribution < 1.29 is 0 Å². The van der Waals surface area contributed by atoms with Crippen LogP contribution in [0.3, 0.4) is 0 Å². The largest absolute Gasteiger partial charge is 0.239 e. The van der Waals surface area contributed by atoms with Crippen LogP contribution < -0.4 is 10.5 Å². The third-order valence-electron chi connectivity index (χ3n) is 3.06. The van der Waals surface area contributed by atoms with Crippen molar-refractivity contribution in [2.45, 2.75) is 6.92 Å². The van der Waals surface area contributed by atoms with Crippen molar-refractivity contribution in [2.24, 2.45) is 0 Å². The van der Waals surface area contributed by atoms with Gasteiger partial charge in [-0.2, -0.15) is 0 Å². The molecular weight excluding hydrogens is 321 g/mol. The normalized spacial score (nSPS) is 10.5. The highest BCUT2D eigenvalue weighted by Gasteiger charge is 2.14. The van der Waals surface area contributed by atoms with E-state index in [2.05, 4.69) is 15.6 Å². The molecule has 5 nitrogen and oxygen atoms in total. The number of anilines is 2. The van der Waals surface area contributed by atoms with Crippen LogP contribution in [0.2, 0.25) is 10.0 Å². The molecule has 0 atom stereocenters. The lowest BCUT2D eigenvalue weighted by Crippen LogP contribution is -2.32. The number of hydrazine groups is 1. The van der Waals surface area contributed by atoms with E-state index in [4.69, 9.17) is 23.2 Å². The Morgan fingerprint density at radius 1 is 1.09 bits per heavy atom. The highest BCUT2D eigenvalue weighted by molar-refractivity contribution is 6.36. The number of aromatic nitrogens is 3. The van der Waals surface area contributed by atoms with E-state index in [9.17, 15) is 0 Å². The molecule has 0 bridgehead atoms. The van der Waals surface area contributed by atoms with Crippen molar-refractivity contribution in [2.75, 3.05) is 10.5 Å². The van der Waals surface area contributed by atoms with E-state index < -0.39 is 0 Å². The Labute approximate surface area is 138 Å². The van der Waals surface area contributed by atoms with Crippen LogP contribution in [-0.4, -0.2) is 14.9 Å². The van der Waals surface area contributed by atoms with Gasteiger partial charge in [0.2, 0.25) is 0 Å². The fourth-order valence-electron chi connectivity index (χ4n) is 1.97. The second-order valence-electron chi connectivity index (χ2n) is 4.71. The standard InChI is InChI=1S/C15H13Cl2N5/c1-11-2-5-13(6-3-11)22(20-21-10-18-9-19-21)15-7-4-12(16)8-14(15)17/h2-10,20H,1H3. The molecule has 0 spiro atoms. The molecule has 3 rings (SSSR count). The number of aryl methyl sites for hydroxylation is 1. The first-order chi connectivity index (χ1) is 10.6. The number of rotatable bonds is 4. The molecule has 112 valence electrons. The molecule has 0 saturated heterocycles. The Morgan fingerprint density at radius 2 is 1.86 bits per heavy atom. The molecule has 1 aromatic heterocycles. The minimum atomic E-state index is 0.528. The molecule has 1 N–H and O–H groups in total. The van der Waals surface area contributed by atoms with Gasteiger partial charge in [0.1, 0.15) is 12.7 Å². The Morgan fingerprint density at radius 3 is 2.50 bits per heavy atom. The Kier molecular flexibility index (Phi) is 4.18. The first-order valence-electron chi connectivity index (χ1n) is 6.56. The van der Waals surface area contributed by atoms with Crippen molar-refractivity contribution >= 4 is 34.6 Å². The highest BCUT2D eigenvalue weighted by atomic mass is 35.5. The zero-order valence-corrected chi connectivity index (χ0v) is 13.3. The van der Waals surface area contributed by atoms with Gasteiger partial charge in [-0.25, -0.2) is 15.5 Å². The minimum absolute atomic E-state index is 0.528. The van der Waals surface area contributed by atoms with E-state index >= 15 is 0 Å². The van der Waals surface area contributed by atoms with Crippen molar-refractivity contribution in [3.05, 3.63) is 70.7 Å². The van der Waals surface area contributed by atoms with Crippen LogP contribution in [0.25, 0.3) is 0 Å². The van der Waals surface area contributed by atoms with Gasteiger partial charge >= 0.3 is 0 Å². The van der Waals surface area contributed by atoms with Crippen LogP contribution in [0.1, 0.15) is 5.56 Å². The van der Waals surface area contributed by atoms with Gasteiger partial charge in [-0.15, -0.1) is 9.89 Å². The van der Waals surface area contributed by atoms with Crippen LogP contribution in [0.5, 0.6) is 0 Å². The third-order valence-corrected chi connectivity index (χ3v) is 3.60. The summed E-state index contributed by atoms with van der Waals surface area (Å²) in [6.45, 7) is 2.04. The molecule has 0 unspecified atom stereocenters. The van der Waals surface area contributed by atoms with Crippen molar-refractivity contribution in [1.29, 1.82) is 0 Å². The molecule has 1 heterocycles. The molecule has 2 aromatic carbocycles. The summed E-state index contributed by atoms with van der Waals surface area (Å²) in [4.78, 5) is 5.41. The summed E-state index contributed by atoms with van der Waals surface area (Å²) in [5.74, 6) is 0. The quantitative estimate of drug-likeness (QED) is 0.727. The predicted molar refractivity (Wildman–Crippen MR) is 89.2 cm³/mol. The monoisotopic (exact) mass is 333 g/mol. The van der Waals surface area contributed by atoms with Gasteiger partial charge in [-0.1, -0.05) is 40.9 Å². The van der Waals surface area contributed by atoms with Gasteiger partial charge in [-0.3, -0.25) is 0 Å². The first-order valence-corrected chi connectivity index (χ1v) is 7.32. The number of nitrogens with zero attached hydrogens (tertiary/aromatic N) is 4. The van der Waals surface area contributed by atoms with Crippen LogP contribution in [0.4, 0.5) is 11.4 Å². The summed E-state index contributed by atoms with van der Waals surface area (Å²) in [6.07, 6.45) is 3.01. The molecule has 22 heavy (non-hydrogen) atoms. The van der Waals surface area contributed by atoms with Crippen LogP contribution >= 0.6 is 23.2 Å². The summed E-state index contributed by atoms with van der Waals surface area (Å²) in [5, 5.41) is 6.98. The molecule has 0 aliphatic carbocycles. The maximum atomic E-state index is 6.33. The van der Waals surface area contributed by atoms with Crippen molar-refractivity contribution in [3.63, 3.8) is 0 Å². The molecule has 7 heteroatoms. The summed E-state index contributed by atoms with van der Waals surface area (Å²) in [7, 11) is 0. The zero-order chi connectivity index (χ0) is 15.5. The molecule has 0 aliphatic heterocycles. The fourth-order valence-corrected chi connectivity index (χ4v) is 2.46. The number of hydrogen-bond donors (Lipinski definition) is 1. The number of nitrogens with one attached hydrogen (secondary N) is 1. The minimum Gasteiger partial charge on any atom is -0.239 e. The summed E-state index contributed by atoms with van der Waals surface area (Å²) >= 11 is 12.3. The predicted octanol–water partition coefficient (Wildman–Crippen LogP) is 4.19. The van der Waals surface area contributed by atoms with Crippen molar-refractivity contribution in [3.8, 4) is 0 Å². The van der Waals surface area contributed by atoms with Gasteiger partial charge in [0.25, 0.3) is 0 Å². The van der Waals surface area contributed by atoms with E-state index in [-0.39, 0.29) is 0 Å². The van der Waals surface area contributed by atoms with Crippen LogP contribution in [0.15, 0.2) is 55.1 Å². The third kappa shape index (κ3) is 3.16. The van der Waals surface area contributed by atoms with Gasteiger partial charge in [0, 0.05) is 5.02 Å². The number of hydrogen-bond acceptors (Lipinski definition) is 4. The lowest BCUT2D eigenvalue weighted by atomic mass is 10.2. The van der Waals surface area contributed by atoms with Crippen LogP contribution in [-0.2, 0) is 0 Å². The van der Waals surface area contributed by atoms with E-state index in [1.54, 1.807) is 18.5 Å². The highest BCUT2D eigenvalue weighted by Crippen LogP contribution is 2.32. The summed E-state index contributed by atoms with van der Waals surface area (Å²) < 4.78 is 0. The smallest absolute Gasteiger partial charge is 0.139 e. The maximum absolute atomic E-state index is 6.33. The van der Waals surface area contributed by atoms with E-state index in [1.165, 1.54) is 16.7 Å². The molecule has 0 aliphatic rings. The second-order valence-corrected chi connectivity index (χ2v) is 5.55. The molecule has 3 aromatic rings. The Hall–Kier alpha value is -2.24. The van der Waals surface area contributed by atoms with E-state index in [1.807, 2.05) is 42.3 Å². The fraction of sp³-hybridized carbons (Fsp3) is 0.0667. The lowest BCUT2D eigenvalue weighted by Gasteiger charge is -2.26. The topological polar surface area (TPSA) is 46.0 Å². The molecule has 0 radical (unpaired) electrons. The Bertz CT molecular complexity index is 756. The molecule has 0 saturated carbocycles. The molecule has 0 amide bonds. The van der Waals surface area contributed by atoms with Gasteiger partial charge in [0.15, 0.2) is 0 Å².